The van der Waals surface area contributed by atoms with E-state index in [4.69, 9.17) is 11.6 Å². The van der Waals surface area contributed by atoms with Gasteiger partial charge in [-0.3, -0.25) is 4.79 Å². The van der Waals surface area contributed by atoms with E-state index in [0.717, 1.165) is 37.1 Å². The van der Waals surface area contributed by atoms with Gasteiger partial charge in [0.25, 0.3) is 5.91 Å². The number of rotatable bonds is 1. The summed E-state index contributed by atoms with van der Waals surface area (Å²) in [5.74, 6) is 0.0527. The largest absolute Gasteiger partial charge is 0.337 e. The number of nitrogens with zero attached hydrogens (tertiary/aromatic N) is 1. The molecule has 0 saturated carbocycles. The van der Waals surface area contributed by atoms with Crippen LogP contribution in [0.1, 0.15) is 16.8 Å². The molecular weight excluding hydrogens is 304 g/mol. The fraction of sp³-hybridized carbons (Fsp3) is 0.417. The van der Waals surface area contributed by atoms with Crippen molar-refractivity contribution in [2.75, 3.05) is 26.2 Å². The lowest BCUT2D eigenvalue weighted by Crippen LogP contribution is -2.34. The molecule has 1 N–H and O–H groups in total. The van der Waals surface area contributed by atoms with Crippen molar-refractivity contribution < 1.29 is 4.79 Å². The van der Waals surface area contributed by atoms with Crippen LogP contribution in [0.4, 0.5) is 0 Å². The second-order valence-corrected chi connectivity index (χ2v) is 5.41. The molecule has 1 fully saturated rings. The molecule has 92 valence electrons. The summed E-state index contributed by atoms with van der Waals surface area (Å²) in [5, 5.41) is 3.86. The zero-order valence-electron chi connectivity index (χ0n) is 9.38. The van der Waals surface area contributed by atoms with Crippen LogP contribution in [-0.2, 0) is 0 Å². The third-order valence-corrected chi connectivity index (χ3v) is 3.41. The maximum atomic E-state index is 12.3. The summed E-state index contributed by atoms with van der Waals surface area (Å²) in [6.45, 7) is 3.38. The third-order valence-electron chi connectivity index (χ3n) is 2.74. The average molecular weight is 318 g/mol. The summed E-state index contributed by atoms with van der Waals surface area (Å²) in [6, 6.07) is 5.31. The van der Waals surface area contributed by atoms with Gasteiger partial charge in [0.2, 0.25) is 0 Å². The van der Waals surface area contributed by atoms with E-state index in [1.165, 1.54) is 0 Å². The molecule has 0 unspecified atom stereocenters. The number of carbonyl (C=O) groups excluding carboxylic acids is 1. The third kappa shape index (κ3) is 3.44. The first kappa shape index (κ1) is 12.9. The van der Waals surface area contributed by atoms with Gasteiger partial charge in [0.15, 0.2) is 0 Å². The molecule has 17 heavy (non-hydrogen) atoms. The number of amides is 1. The topological polar surface area (TPSA) is 32.3 Å². The highest BCUT2D eigenvalue weighted by Crippen LogP contribution is 2.20. The SMILES string of the molecule is O=C(c1cc(Cl)cc(Br)c1)N1CCCNCC1. The molecule has 1 aliphatic rings. The molecule has 1 aliphatic heterocycles. The smallest absolute Gasteiger partial charge is 0.253 e. The van der Waals surface area contributed by atoms with Crippen molar-refractivity contribution in [3.8, 4) is 0 Å². The van der Waals surface area contributed by atoms with Crippen LogP contribution in [0.25, 0.3) is 0 Å². The first-order valence-corrected chi connectivity index (χ1v) is 6.80. The fourth-order valence-electron chi connectivity index (χ4n) is 1.91. The summed E-state index contributed by atoms with van der Waals surface area (Å²) < 4.78 is 0.835. The van der Waals surface area contributed by atoms with E-state index in [9.17, 15) is 4.79 Å². The minimum atomic E-state index is 0.0527. The second-order valence-electron chi connectivity index (χ2n) is 4.05. The Labute approximate surface area is 114 Å². The van der Waals surface area contributed by atoms with Crippen LogP contribution in [0.3, 0.4) is 0 Å². The van der Waals surface area contributed by atoms with Gasteiger partial charge in [0, 0.05) is 34.7 Å². The van der Waals surface area contributed by atoms with Crippen molar-refractivity contribution in [3.63, 3.8) is 0 Å². The van der Waals surface area contributed by atoms with Crippen LogP contribution >= 0.6 is 27.5 Å². The molecule has 2 rings (SSSR count). The Morgan fingerprint density at radius 2 is 2.12 bits per heavy atom. The molecular formula is C12H14BrClN2O. The number of hydrogen-bond acceptors (Lipinski definition) is 2. The Balaban J connectivity index is 2.17. The number of hydrogen-bond donors (Lipinski definition) is 1. The summed E-state index contributed by atoms with van der Waals surface area (Å²) in [7, 11) is 0. The monoisotopic (exact) mass is 316 g/mol. The minimum Gasteiger partial charge on any atom is -0.337 e. The van der Waals surface area contributed by atoms with Crippen LogP contribution in [0.15, 0.2) is 22.7 Å². The van der Waals surface area contributed by atoms with Crippen molar-refractivity contribution in [1.29, 1.82) is 0 Å². The summed E-state index contributed by atoms with van der Waals surface area (Å²) in [4.78, 5) is 14.1. The first-order chi connectivity index (χ1) is 8.16. The van der Waals surface area contributed by atoms with Gasteiger partial charge in [-0.05, 0) is 31.2 Å². The van der Waals surface area contributed by atoms with Crippen LogP contribution < -0.4 is 5.32 Å². The van der Waals surface area contributed by atoms with Crippen molar-refractivity contribution in [3.05, 3.63) is 33.3 Å². The van der Waals surface area contributed by atoms with Crippen LogP contribution in [0.5, 0.6) is 0 Å². The fourth-order valence-corrected chi connectivity index (χ4v) is 2.77. The predicted octanol–water partition coefficient (Wildman–Crippen LogP) is 2.54. The van der Waals surface area contributed by atoms with Gasteiger partial charge in [-0.15, -0.1) is 0 Å². The molecule has 1 amide bonds. The summed E-state index contributed by atoms with van der Waals surface area (Å²) >= 11 is 9.31. The first-order valence-electron chi connectivity index (χ1n) is 5.63. The molecule has 1 heterocycles. The van der Waals surface area contributed by atoms with Gasteiger partial charge in [-0.2, -0.15) is 0 Å². The quantitative estimate of drug-likeness (QED) is 0.863. The van der Waals surface area contributed by atoms with Crippen molar-refractivity contribution >= 4 is 33.4 Å². The number of halogens is 2. The Morgan fingerprint density at radius 3 is 2.88 bits per heavy atom. The van der Waals surface area contributed by atoms with E-state index in [0.29, 0.717) is 10.6 Å². The molecule has 0 radical (unpaired) electrons. The average Bonchev–Trinajstić information content (AvgIpc) is 2.55. The minimum absolute atomic E-state index is 0.0527. The standard InChI is InChI=1S/C12H14BrClN2O/c13-10-6-9(7-11(14)8-10)12(17)16-4-1-2-15-3-5-16/h6-8,15H,1-5H2. The second kappa shape index (κ2) is 5.85. The molecule has 0 spiro atoms. The molecule has 5 heteroatoms. The lowest BCUT2D eigenvalue weighted by atomic mass is 10.2. The number of carbonyl (C=O) groups is 1. The van der Waals surface area contributed by atoms with E-state index in [-0.39, 0.29) is 5.91 Å². The number of nitrogens with one attached hydrogen (secondary N) is 1. The van der Waals surface area contributed by atoms with E-state index in [1.807, 2.05) is 11.0 Å². The lowest BCUT2D eigenvalue weighted by molar-refractivity contribution is 0.0766. The van der Waals surface area contributed by atoms with E-state index in [1.54, 1.807) is 12.1 Å². The normalized spacial score (nSPS) is 16.7. The molecule has 0 bridgehead atoms. The predicted molar refractivity (Wildman–Crippen MR) is 72.5 cm³/mol. The van der Waals surface area contributed by atoms with Crippen LogP contribution in [0.2, 0.25) is 5.02 Å². The molecule has 1 aromatic carbocycles. The Bertz CT molecular complexity index is 397. The summed E-state index contributed by atoms with van der Waals surface area (Å²) in [5.41, 5.74) is 0.645. The molecule has 0 atom stereocenters. The Morgan fingerprint density at radius 1 is 1.29 bits per heavy atom. The molecule has 0 aliphatic carbocycles. The van der Waals surface area contributed by atoms with Crippen LogP contribution in [-0.4, -0.2) is 37.0 Å². The highest BCUT2D eigenvalue weighted by atomic mass is 79.9. The van der Waals surface area contributed by atoms with E-state index in [2.05, 4.69) is 21.2 Å². The molecule has 0 aromatic heterocycles. The van der Waals surface area contributed by atoms with Crippen LogP contribution in [0, 0.1) is 0 Å². The zero-order chi connectivity index (χ0) is 12.3. The van der Waals surface area contributed by atoms with Crippen molar-refractivity contribution in [2.24, 2.45) is 0 Å². The Hall–Kier alpha value is -0.580. The molecule has 1 saturated heterocycles. The lowest BCUT2D eigenvalue weighted by Gasteiger charge is -2.20. The molecule has 3 nitrogen and oxygen atoms in total. The maximum absolute atomic E-state index is 12.3. The highest BCUT2D eigenvalue weighted by Gasteiger charge is 2.17. The van der Waals surface area contributed by atoms with Gasteiger partial charge in [-0.1, -0.05) is 27.5 Å². The van der Waals surface area contributed by atoms with Crippen molar-refractivity contribution in [2.45, 2.75) is 6.42 Å². The van der Waals surface area contributed by atoms with Gasteiger partial charge in [0.05, 0.1) is 0 Å². The van der Waals surface area contributed by atoms with Gasteiger partial charge >= 0.3 is 0 Å². The van der Waals surface area contributed by atoms with Gasteiger partial charge < -0.3 is 10.2 Å². The highest BCUT2D eigenvalue weighted by molar-refractivity contribution is 9.10. The van der Waals surface area contributed by atoms with E-state index >= 15 is 0 Å². The van der Waals surface area contributed by atoms with Crippen molar-refractivity contribution in [1.82, 2.24) is 10.2 Å². The van der Waals surface area contributed by atoms with Gasteiger partial charge in [-0.25, -0.2) is 0 Å². The summed E-state index contributed by atoms with van der Waals surface area (Å²) in [6.07, 6.45) is 0.994. The number of benzene rings is 1. The van der Waals surface area contributed by atoms with E-state index < -0.39 is 0 Å². The maximum Gasteiger partial charge on any atom is 0.253 e. The van der Waals surface area contributed by atoms with Gasteiger partial charge in [0.1, 0.15) is 0 Å². The zero-order valence-corrected chi connectivity index (χ0v) is 11.7. The Kier molecular flexibility index (Phi) is 4.42. The molecule has 1 aromatic rings.